The summed E-state index contributed by atoms with van der Waals surface area (Å²) in [6.07, 6.45) is -1.39. The predicted octanol–water partition coefficient (Wildman–Crippen LogP) is 3.87. The van der Waals surface area contributed by atoms with E-state index in [9.17, 15) is 9.59 Å². The van der Waals surface area contributed by atoms with Crippen LogP contribution in [0.4, 0.5) is 0 Å². The first-order valence-electron chi connectivity index (χ1n) is 10.7. The van der Waals surface area contributed by atoms with E-state index in [0.717, 1.165) is 11.1 Å². The molecule has 6 rings (SSSR count). The molecule has 0 aliphatic carbocycles. The SMILES string of the molecule is O=C1OC[C@]23[C@H]1[C@@H](c1ccccc1)ON2O[C@@H](C(=O)c1ccccc1)[C@@H]3c1ccccc1. The number of esters is 1. The third kappa shape index (κ3) is 2.70. The molecule has 3 fully saturated rings. The standard InChI is InChI=1S/C26H21NO5/c28-22(18-12-6-2-7-13-18)24-20(17-10-4-1-5-11-17)26-16-30-25(29)21(26)23(31-27(26)32-24)19-14-8-3-9-15-19/h1-15,20-21,23-24H,16H2/t20-,21-,23+,24+,26-/m0/s1. The van der Waals surface area contributed by atoms with Gasteiger partial charge in [-0.1, -0.05) is 96.2 Å². The van der Waals surface area contributed by atoms with E-state index in [4.69, 9.17) is 14.4 Å². The van der Waals surface area contributed by atoms with E-state index < -0.39 is 29.6 Å². The van der Waals surface area contributed by atoms with Gasteiger partial charge in [0.1, 0.15) is 24.2 Å². The minimum atomic E-state index is -0.936. The van der Waals surface area contributed by atoms with Gasteiger partial charge in [0.15, 0.2) is 11.9 Å². The van der Waals surface area contributed by atoms with Crippen molar-refractivity contribution in [1.29, 1.82) is 0 Å². The molecule has 3 aromatic carbocycles. The average Bonchev–Trinajstić information content (AvgIpc) is 3.46. The average molecular weight is 427 g/mol. The van der Waals surface area contributed by atoms with Gasteiger partial charge in [-0.25, -0.2) is 0 Å². The summed E-state index contributed by atoms with van der Waals surface area (Å²) in [6.45, 7) is 0.0952. The number of ketones is 1. The molecule has 0 unspecified atom stereocenters. The molecule has 6 heteroatoms. The van der Waals surface area contributed by atoms with Crippen LogP contribution in [0.2, 0.25) is 0 Å². The first kappa shape index (κ1) is 19.4. The molecule has 5 atom stereocenters. The maximum absolute atomic E-state index is 13.5. The number of Topliss-reactive ketones (excluding diaryl/α,β-unsaturated/α-hetero) is 1. The Morgan fingerprint density at radius 1 is 0.781 bits per heavy atom. The fraction of sp³-hybridized carbons (Fsp3) is 0.231. The van der Waals surface area contributed by atoms with Gasteiger partial charge in [0.2, 0.25) is 0 Å². The van der Waals surface area contributed by atoms with Crippen LogP contribution >= 0.6 is 0 Å². The Morgan fingerprint density at radius 2 is 1.38 bits per heavy atom. The van der Waals surface area contributed by atoms with Crippen molar-refractivity contribution in [3.8, 4) is 0 Å². The van der Waals surface area contributed by atoms with E-state index in [0.29, 0.717) is 5.56 Å². The zero-order valence-electron chi connectivity index (χ0n) is 17.2. The van der Waals surface area contributed by atoms with Gasteiger partial charge in [0, 0.05) is 11.5 Å². The number of hydrogen-bond acceptors (Lipinski definition) is 6. The Bertz CT molecular complexity index is 1150. The molecular formula is C26H21NO5. The first-order valence-corrected chi connectivity index (χ1v) is 10.7. The highest BCUT2D eigenvalue weighted by Crippen LogP contribution is 2.60. The minimum Gasteiger partial charge on any atom is -0.463 e. The van der Waals surface area contributed by atoms with Gasteiger partial charge in [-0.15, -0.1) is 0 Å². The van der Waals surface area contributed by atoms with Crippen LogP contribution in [0.1, 0.15) is 33.5 Å². The quantitative estimate of drug-likeness (QED) is 0.465. The number of benzene rings is 3. The molecule has 32 heavy (non-hydrogen) atoms. The van der Waals surface area contributed by atoms with Crippen LogP contribution in [0, 0.1) is 5.92 Å². The summed E-state index contributed by atoms with van der Waals surface area (Å²) in [5.41, 5.74) is 1.39. The van der Waals surface area contributed by atoms with Gasteiger partial charge in [0.05, 0.1) is 0 Å². The van der Waals surface area contributed by atoms with Crippen molar-refractivity contribution in [3.63, 3.8) is 0 Å². The van der Waals surface area contributed by atoms with Gasteiger partial charge in [-0.05, 0) is 11.1 Å². The monoisotopic (exact) mass is 427 g/mol. The van der Waals surface area contributed by atoms with Crippen molar-refractivity contribution >= 4 is 11.8 Å². The Balaban J connectivity index is 1.48. The van der Waals surface area contributed by atoms with E-state index in [1.807, 2.05) is 78.9 Å². The van der Waals surface area contributed by atoms with Gasteiger partial charge in [-0.2, -0.15) is 0 Å². The molecule has 3 heterocycles. The third-order valence-corrected chi connectivity index (χ3v) is 6.74. The van der Waals surface area contributed by atoms with Gasteiger partial charge in [-0.3, -0.25) is 19.3 Å². The summed E-state index contributed by atoms with van der Waals surface area (Å²) in [4.78, 5) is 39.0. The highest BCUT2D eigenvalue weighted by molar-refractivity contribution is 6.00. The molecule has 3 aliphatic heterocycles. The maximum Gasteiger partial charge on any atom is 0.314 e. The lowest BCUT2D eigenvalue weighted by Gasteiger charge is -2.30. The smallest absolute Gasteiger partial charge is 0.314 e. The number of carbonyl (C=O) groups excluding carboxylic acids is 2. The van der Waals surface area contributed by atoms with Gasteiger partial charge < -0.3 is 4.74 Å². The van der Waals surface area contributed by atoms with Crippen LogP contribution in [-0.2, 0) is 19.2 Å². The zero-order chi connectivity index (χ0) is 21.7. The highest BCUT2D eigenvalue weighted by Gasteiger charge is 2.74. The van der Waals surface area contributed by atoms with Crippen LogP contribution in [0.25, 0.3) is 0 Å². The third-order valence-electron chi connectivity index (χ3n) is 6.74. The van der Waals surface area contributed by atoms with E-state index in [1.54, 1.807) is 12.1 Å². The largest absolute Gasteiger partial charge is 0.463 e. The topological polar surface area (TPSA) is 65.1 Å². The number of ether oxygens (including phenoxy) is 1. The van der Waals surface area contributed by atoms with Crippen LogP contribution in [0.3, 0.4) is 0 Å². The number of hydroxylamine groups is 2. The first-order chi connectivity index (χ1) is 15.7. The molecule has 0 radical (unpaired) electrons. The second-order valence-corrected chi connectivity index (χ2v) is 8.42. The van der Waals surface area contributed by atoms with Crippen molar-refractivity contribution in [2.75, 3.05) is 6.61 Å². The minimum absolute atomic E-state index is 0.0952. The van der Waals surface area contributed by atoms with Crippen molar-refractivity contribution in [2.24, 2.45) is 5.92 Å². The fourth-order valence-corrected chi connectivity index (χ4v) is 5.32. The van der Waals surface area contributed by atoms with Crippen molar-refractivity contribution in [3.05, 3.63) is 108 Å². The second-order valence-electron chi connectivity index (χ2n) is 8.42. The predicted molar refractivity (Wildman–Crippen MR) is 114 cm³/mol. The number of nitrogens with zero attached hydrogens (tertiary/aromatic N) is 1. The van der Waals surface area contributed by atoms with Gasteiger partial charge >= 0.3 is 5.97 Å². The molecule has 0 aromatic heterocycles. The number of hydrogen-bond donors (Lipinski definition) is 0. The van der Waals surface area contributed by atoms with Crippen LogP contribution in [0.15, 0.2) is 91.0 Å². The maximum atomic E-state index is 13.5. The summed E-state index contributed by atoms with van der Waals surface area (Å²) in [7, 11) is 0. The molecule has 1 spiro atoms. The lowest BCUT2D eigenvalue weighted by molar-refractivity contribution is -0.368. The van der Waals surface area contributed by atoms with E-state index in [-0.39, 0.29) is 18.4 Å². The lowest BCUT2D eigenvalue weighted by Crippen LogP contribution is -2.48. The summed E-state index contributed by atoms with van der Waals surface area (Å²) < 4.78 is 5.61. The molecule has 160 valence electrons. The molecule has 0 bridgehead atoms. The van der Waals surface area contributed by atoms with Crippen molar-refractivity contribution < 1.29 is 24.0 Å². The fourth-order valence-electron chi connectivity index (χ4n) is 5.32. The molecule has 3 aromatic rings. The van der Waals surface area contributed by atoms with E-state index in [2.05, 4.69) is 0 Å². The number of carbonyl (C=O) groups is 2. The highest BCUT2D eigenvalue weighted by atomic mass is 17.0. The summed E-state index contributed by atoms with van der Waals surface area (Å²) in [6, 6.07) is 28.4. The Hall–Kier alpha value is -3.32. The molecule has 3 aliphatic rings. The Labute approximate surface area is 185 Å². The molecule has 0 saturated carbocycles. The molecule has 0 amide bonds. The normalized spacial score (nSPS) is 31.2. The van der Waals surface area contributed by atoms with E-state index >= 15 is 0 Å². The Kier molecular flexibility index (Phi) is 4.47. The molecule has 6 nitrogen and oxygen atoms in total. The van der Waals surface area contributed by atoms with Crippen LogP contribution < -0.4 is 0 Å². The lowest BCUT2D eigenvalue weighted by atomic mass is 9.68. The van der Waals surface area contributed by atoms with E-state index in [1.165, 1.54) is 5.23 Å². The van der Waals surface area contributed by atoms with Crippen molar-refractivity contribution in [1.82, 2.24) is 5.23 Å². The van der Waals surface area contributed by atoms with Gasteiger partial charge in [0.25, 0.3) is 0 Å². The number of rotatable bonds is 4. The second kappa shape index (κ2) is 7.38. The zero-order valence-corrected chi connectivity index (χ0v) is 17.2. The molecular weight excluding hydrogens is 406 g/mol. The summed E-state index contributed by atoms with van der Waals surface area (Å²) >= 11 is 0. The number of cyclic esters (lactones) is 1. The van der Waals surface area contributed by atoms with Crippen LogP contribution in [0.5, 0.6) is 0 Å². The van der Waals surface area contributed by atoms with Crippen molar-refractivity contribution in [2.45, 2.75) is 23.7 Å². The molecule has 3 saturated heterocycles. The summed E-state index contributed by atoms with van der Waals surface area (Å²) in [5.74, 6) is -1.55. The summed E-state index contributed by atoms with van der Waals surface area (Å²) in [5, 5.41) is 1.39. The molecule has 0 N–H and O–H groups in total. The Morgan fingerprint density at radius 3 is 2.03 bits per heavy atom. The van der Waals surface area contributed by atoms with Crippen LogP contribution in [-0.4, -0.2) is 35.2 Å².